The minimum atomic E-state index is -0.293. The Bertz CT molecular complexity index is 342. The smallest absolute Gasteiger partial charge is 0.129 e. The van der Waals surface area contributed by atoms with Crippen molar-refractivity contribution < 1.29 is 9.18 Å². The molecule has 0 saturated heterocycles. The first-order valence-corrected chi connectivity index (χ1v) is 5.33. The maximum absolute atomic E-state index is 13.5. The van der Waals surface area contributed by atoms with Crippen molar-refractivity contribution >= 4 is 17.4 Å². The molecule has 0 aliphatic rings. The van der Waals surface area contributed by atoms with Gasteiger partial charge in [-0.15, -0.1) is 0 Å². The highest BCUT2D eigenvalue weighted by Gasteiger charge is 2.14. The number of rotatable bonds is 4. The maximum atomic E-state index is 13.5. The predicted molar refractivity (Wildman–Crippen MR) is 59.7 cm³/mol. The van der Waals surface area contributed by atoms with Gasteiger partial charge in [-0.25, -0.2) is 4.39 Å². The van der Waals surface area contributed by atoms with Gasteiger partial charge in [0.15, 0.2) is 0 Å². The average molecular weight is 229 g/mol. The van der Waals surface area contributed by atoms with Crippen molar-refractivity contribution in [2.75, 3.05) is 0 Å². The number of carbonyl (C=O) groups excluding carboxylic acids is 1. The monoisotopic (exact) mass is 228 g/mol. The van der Waals surface area contributed by atoms with E-state index in [0.717, 1.165) is 0 Å². The van der Waals surface area contributed by atoms with Gasteiger partial charge in [-0.1, -0.05) is 24.6 Å². The second-order valence-electron chi connectivity index (χ2n) is 3.78. The molecule has 1 atom stereocenters. The molecular weight excluding hydrogens is 215 g/mol. The topological polar surface area (TPSA) is 17.1 Å². The summed E-state index contributed by atoms with van der Waals surface area (Å²) in [4.78, 5) is 10.8. The first-order valence-electron chi connectivity index (χ1n) is 4.95. The van der Waals surface area contributed by atoms with E-state index in [1.165, 1.54) is 13.0 Å². The molecule has 1 unspecified atom stereocenters. The number of halogens is 2. The van der Waals surface area contributed by atoms with Gasteiger partial charge < -0.3 is 4.79 Å². The summed E-state index contributed by atoms with van der Waals surface area (Å²) < 4.78 is 13.5. The third-order valence-corrected chi connectivity index (χ3v) is 2.75. The predicted octanol–water partition coefficient (Wildman–Crippen LogP) is 3.95. The van der Waals surface area contributed by atoms with Crippen molar-refractivity contribution in [3.63, 3.8) is 0 Å². The number of hydrogen-bond acceptors (Lipinski definition) is 1. The van der Waals surface area contributed by atoms with Crippen LogP contribution in [0.1, 0.15) is 38.2 Å². The van der Waals surface area contributed by atoms with E-state index in [4.69, 9.17) is 11.6 Å². The van der Waals surface area contributed by atoms with E-state index in [-0.39, 0.29) is 17.5 Å². The van der Waals surface area contributed by atoms with E-state index >= 15 is 0 Å². The lowest BCUT2D eigenvalue weighted by Crippen LogP contribution is -2.01. The van der Waals surface area contributed by atoms with Gasteiger partial charge in [-0.3, -0.25) is 0 Å². The summed E-state index contributed by atoms with van der Waals surface area (Å²) in [7, 11) is 0. The summed E-state index contributed by atoms with van der Waals surface area (Å²) in [6, 6.07) is 4.65. The molecule has 0 bridgehead atoms. The lowest BCUT2D eigenvalue weighted by atomic mass is 9.95. The van der Waals surface area contributed by atoms with Gasteiger partial charge in [0.1, 0.15) is 11.6 Å². The second-order valence-corrected chi connectivity index (χ2v) is 4.18. The fourth-order valence-corrected chi connectivity index (χ4v) is 1.89. The average Bonchev–Trinajstić information content (AvgIpc) is 2.14. The summed E-state index contributed by atoms with van der Waals surface area (Å²) in [5, 5.41) is 0.436. The van der Waals surface area contributed by atoms with Crippen LogP contribution in [0.25, 0.3) is 0 Å². The van der Waals surface area contributed by atoms with Crippen molar-refractivity contribution in [3.05, 3.63) is 34.6 Å². The van der Waals surface area contributed by atoms with Gasteiger partial charge in [0.2, 0.25) is 0 Å². The third-order valence-electron chi connectivity index (χ3n) is 2.42. The van der Waals surface area contributed by atoms with Gasteiger partial charge in [-0.2, -0.15) is 0 Å². The van der Waals surface area contributed by atoms with Crippen molar-refractivity contribution in [2.45, 2.75) is 32.6 Å². The largest absolute Gasteiger partial charge is 0.300 e. The Hall–Kier alpha value is -0.890. The number of ketones is 1. The molecule has 0 aliphatic heterocycles. The van der Waals surface area contributed by atoms with Crippen LogP contribution in [0.4, 0.5) is 4.39 Å². The molecule has 0 N–H and O–H groups in total. The van der Waals surface area contributed by atoms with Gasteiger partial charge in [0.25, 0.3) is 0 Å². The van der Waals surface area contributed by atoms with E-state index in [1.807, 2.05) is 6.92 Å². The molecule has 0 aliphatic carbocycles. The summed E-state index contributed by atoms with van der Waals surface area (Å²) >= 11 is 5.91. The van der Waals surface area contributed by atoms with Crippen LogP contribution in [0.3, 0.4) is 0 Å². The third kappa shape index (κ3) is 3.31. The van der Waals surface area contributed by atoms with Crippen molar-refractivity contribution in [2.24, 2.45) is 0 Å². The summed E-state index contributed by atoms with van der Waals surface area (Å²) in [5.74, 6) is -0.199. The molecule has 0 radical (unpaired) electrons. The molecule has 0 aromatic heterocycles. The minimum Gasteiger partial charge on any atom is -0.300 e. The van der Waals surface area contributed by atoms with E-state index in [2.05, 4.69) is 0 Å². The molecular formula is C12H14ClFO. The van der Waals surface area contributed by atoms with Crippen molar-refractivity contribution in [3.8, 4) is 0 Å². The Morgan fingerprint density at radius 2 is 2.20 bits per heavy atom. The molecule has 15 heavy (non-hydrogen) atoms. The van der Waals surface area contributed by atoms with E-state index in [9.17, 15) is 9.18 Å². The lowest BCUT2D eigenvalue weighted by molar-refractivity contribution is -0.117. The zero-order valence-electron chi connectivity index (χ0n) is 8.89. The number of carbonyl (C=O) groups is 1. The Morgan fingerprint density at radius 3 is 2.73 bits per heavy atom. The van der Waals surface area contributed by atoms with Crippen LogP contribution in [0.2, 0.25) is 5.02 Å². The van der Waals surface area contributed by atoms with Crippen LogP contribution in [-0.2, 0) is 4.79 Å². The van der Waals surface area contributed by atoms with Crippen molar-refractivity contribution in [1.29, 1.82) is 0 Å². The molecule has 1 aromatic rings. The first-order chi connectivity index (χ1) is 7.02. The molecule has 1 rings (SSSR count). The van der Waals surface area contributed by atoms with Crippen LogP contribution in [0, 0.1) is 5.82 Å². The SMILES string of the molecule is CC(=O)CCC(C)c1c(F)cccc1Cl. The maximum Gasteiger partial charge on any atom is 0.129 e. The Labute approximate surface area is 94.3 Å². The molecule has 0 heterocycles. The molecule has 82 valence electrons. The summed E-state index contributed by atoms with van der Waals surface area (Å²) in [6.45, 7) is 3.42. The first kappa shape index (κ1) is 12.2. The zero-order chi connectivity index (χ0) is 11.4. The normalized spacial score (nSPS) is 12.5. The van der Waals surface area contributed by atoms with Gasteiger partial charge in [0, 0.05) is 17.0 Å². The Kier molecular flexibility index (Phi) is 4.28. The summed E-state index contributed by atoms with van der Waals surface area (Å²) in [6.07, 6.45) is 1.10. The Morgan fingerprint density at radius 1 is 1.53 bits per heavy atom. The minimum absolute atomic E-state index is 0.0254. The van der Waals surface area contributed by atoms with E-state index in [0.29, 0.717) is 23.4 Å². The molecule has 1 nitrogen and oxygen atoms in total. The Balaban J connectivity index is 2.81. The highest BCUT2D eigenvalue weighted by molar-refractivity contribution is 6.31. The second kappa shape index (κ2) is 5.26. The van der Waals surface area contributed by atoms with Crippen LogP contribution in [0.5, 0.6) is 0 Å². The van der Waals surface area contributed by atoms with Gasteiger partial charge >= 0.3 is 0 Å². The number of Topliss-reactive ketones (excluding diaryl/α,β-unsaturated/α-hetero) is 1. The zero-order valence-corrected chi connectivity index (χ0v) is 9.64. The van der Waals surface area contributed by atoms with Crippen LogP contribution >= 0.6 is 11.6 Å². The molecule has 0 saturated carbocycles. The highest BCUT2D eigenvalue weighted by Crippen LogP contribution is 2.29. The van der Waals surface area contributed by atoms with Gasteiger partial charge in [-0.05, 0) is 31.4 Å². The van der Waals surface area contributed by atoms with Crippen LogP contribution in [-0.4, -0.2) is 5.78 Å². The van der Waals surface area contributed by atoms with E-state index < -0.39 is 0 Å². The van der Waals surface area contributed by atoms with Crippen molar-refractivity contribution in [1.82, 2.24) is 0 Å². The van der Waals surface area contributed by atoms with Crippen LogP contribution in [0.15, 0.2) is 18.2 Å². The van der Waals surface area contributed by atoms with E-state index in [1.54, 1.807) is 12.1 Å². The van der Waals surface area contributed by atoms with Gasteiger partial charge in [0.05, 0.1) is 0 Å². The fraction of sp³-hybridized carbons (Fsp3) is 0.417. The number of hydrogen-bond donors (Lipinski definition) is 0. The molecule has 0 amide bonds. The lowest BCUT2D eigenvalue weighted by Gasteiger charge is -2.13. The summed E-state index contributed by atoms with van der Waals surface area (Å²) in [5.41, 5.74) is 0.514. The molecule has 0 spiro atoms. The molecule has 1 aromatic carbocycles. The number of benzene rings is 1. The fourth-order valence-electron chi connectivity index (χ4n) is 1.55. The molecule has 0 fully saturated rings. The van der Waals surface area contributed by atoms with Crippen LogP contribution < -0.4 is 0 Å². The highest BCUT2D eigenvalue weighted by atomic mass is 35.5. The standard InChI is InChI=1S/C12H14ClFO/c1-8(6-7-9(2)15)12-10(13)4-3-5-11(12)14/h3-5,8H,6-7H2,1-2H3. The quantitative estimate of drug-likeness (QED) is 0.763. The molecule has 3 heteroatoms.